The Kier molecular flexibility index (Phi) is 3.81. The average Bonchev–Trinajstić information content (AvgIpc) is 2.40. The maximum Gasteiger partial charge on any atom is 0.284 e. The van der Waals surface area contributed by atoms with Gasteiger partial charge in [-0.15, -0.1) is 5.10 Å². The second-order valence-electron chi connectivity index (χ2n) is 3.49. The SMILES string of the molecule is O=C(Nc1cccnn1)c1ccc(Br)c([N+](=O)[O-])c1. The van der Waals surface area contributed by atoms with E-state index in [2.05, 4.69) is 31.4 Å². The van der Waals surface area contributed by atoms with Crippen molar-refractivity contribution in [1.82, 2.24) is 10.2 Å². The third kappa shape index (κ3) is 3.10. The molecule has 0 unspecified atom stereocenters. The van der Waals surface area contributed by atoms with Crippen LogP contribution in [0.3, 0.4) is 0 Å². The molecule has 0 atom stereocenters. The fourth-order valence-corrected chi connectivity index (χ4v) is 1.74. The second-order valence-corrected chi connectivity index (χ2v) is 4.34. The number of hydrogen-bond donors (Lipinski definition) is 1. The monoisotopic (exact) mass is 322 g/mol. The Morgan fingerprint density at radius 3 is 2.79 bits per heavy atom. The van der Waals surface area contributed by atoms with Gasteiger partial charge in [-0.2, -0.15) is 5.10 Å². The molecule has 1 aromatic carbocycles. The van der Waals surface area contributed by atoms with Crippen LogP contribution in [-0.2, 0) is 0 Å². The van der Waals surface area contributed by atoms with Crippen molar-refractivity contribution in [2.75, 3.05) is 5.32 Å². The number of carbonyl (C=O) groups is 1. The van der Waals surface area contributed by atoms with Crippen LogP contribution in [0.15, 0.2) is 41.0 Å². The molecule has 0 saturated carbocycles. The first-order chi connectivity index (χ1) is 9.08. The minimum Gasteiger partial charge on any atom is -0.305 e. The first kappa shape index (κ1) is 13.1. The van der Waals surface area contributed by atoms with Crippen LogP contribution >= 0.6 is 15.9 Å². The van der Waals surface area contributed by atoms with Gasteiger partial charge in [0, 0.05) is 17.8 Å². The Labute approximate surface area is 115 Å². The van der Waals surface area contributed by atoms with E-state index >= 15 is 0 Å². The van der Waals surface area contributed by atoms with Crippen LogP contribution in [0.2, 0.25) is 0 Å². The van der Waals surface area contributed by atoms with E-state index < -0.39 is 10.8 Å². The molecule has 0 aliphatic rings. The van der Waals surface area contributed by atoms with Crippen molar-refractivity contribution in [3.8, 4) is 0 Å². The standard InChI is InChI=1S/C11H7BrN4O3/c12-8-4-3-7(6-9(8)16(18)19)11(17)14-10-2-1-5-13-15-10/h1-6H,(H,14,15,17). The Hall–Kier alpha value is -2.35. The van der Waals surface area contributed by atoms with Crippen molar-refractivity contribution in [1.29, 1.82) is 0 Å². The highest BCUT2D eigenvalue weighted by Gasteiger charge is 2.16. The van der Waals surface area contributed by atoms with Gasteiger partial charge in [0.05, 0.1) is 9.40 Å². The molecule has 0 spiro atoms. The van der Waals surface area contributed by atoms with Gasteiger partial charge in [-0.1, -0.05) is 0 Å². The van der Waals surface area contributed by atoms with Crippen LogP contribution < -0.4 is 5.32 Å². The van der Waals surface area contributed by atoms with Gasteiger partial charge in [-0.05, 0) is 40.2 Å². The number of amides is 1. The summed E-state index contributed by atoms with van der Waals surface area (Å²) < 4.78 is 0.313. The molecule has 1 N–H and O–H groups in total. The number of benzene rings is 1. The maximum atomic E-state index is 11.9. The molecule has 2 rings (SSSR count). The highest BCUT2D eigenvalue weighted by atomic mass is 79.9. The number of nitrogens with one attached hydrogen (secondary N) is 1. The molecule has 96 valence electrons. The van der Waals surface area contributed by atoms with Gasteiger partial charge >= 0.3 is 0 Å². The van der Waals surface area contributed by atoms with Crippen LogP contribution in [0.25, 0.3) is 0 Å². The fourth-order valence-electron chi connectivity index (χ4n) is 1.35. The molecule has 0 bridgehead atoms. The summed E-state index contributed by atoms with van der Waals surface area (Å²) in [4.78, 5) is 22.1. The summed E-state index contributed by atoms with van der Waals surface area (Å²) in [6.07, 6.45) is 1.47. The van der Waals surface area contributed by atoms with E-state index in [1.54, 1.807) is 12.1 Å². The summed E-state index contributed by atoms with van der Waals surface area (Å²) in [6, 6.07) is 7.30. The summed E-state index contributed by atoms with van der Waals surface area (Å²) in [5.74, 6) is -0.214. The molecule has 0 radical (unpaired) electrons. The predicted molar refractivity (Wildman–Crippen MR) is 70.8 cm³/mol. The lowest BCUT2D eigenvalue weighted by molar-refractivity contribution is -0.385. The Balaban J connectivity index is 2.25. The third-order valence-corrected chi connectivity index (χ3v) is 2.89. The first-order valence-electron chi connectivity index (χ1n) is 5.11. The Morgan fingerprint density at radius 1 is 1.37 bits per heavy atom. The van der Waals surface area contributed by atoms with Crippen molar-refractivity contribution in [3.63, 3.8) is 0 Å². The molecule has 1 heterocycles. The molecule has 0 aliphatic heterocycles. The highest BCUT2D eigenvalue weighted by molar-refractivity contribution is 9.10. The van der Waals surface area contributed by atoms with Crippen molar-refractivity contribution in [2.24, 2.45) is 0 Å². The van der Waals surface area contributed by atoms with E-state index in [9.17, 15) is 14.9 Å². The number of hydrogen-bond acceptors (Lipinski definition) is 5. The van der Waals surface area contributed by atoms with E-state index in [0.29, 0.717) is 4.47 Å². The maximum absolute atomic E-state index is 11.9. The molecule has 1 aromatic heterocycles. The zero-order valence-corrected chi connectivity index (χ0v) is 11.0. The lowest BCUT2D eigenvalue weighted by Gasteiger charge is -2.04. The average molecular weight is 323 g/mol. The summed E-state index contributed by atoms with van der Waals surface area (Å²) in [5, 5.41) is 20.6. The zero-order chi connectivity index (χ0) is 13.8. The normalized spacial score (nSPS) is 9.95. The summed E-state index contributed by atoms with van der Waals surface area (Å²) in [6.45, 7) is 0. The largest absolute Gasteiger partial charge is 0.305 e. The Morgan fingerprint density at radius 2 is 2.16 bits per heavy atom. The predicted octanol–water partition coefficient (Wildman–Crippen LogP) is 2.40. The lowest BCUT2D eigenvalue weighted by Crippen LogP contribution is -2.13. The molecule has 7 nitrogen and oxygen atoms in total. The molecule has 0 saturated heterocycles. The van der Waals surface area contributed by atoms with E-state index in [1.807, 2.05) is 0 Å². The van der Waals surface area contributed by atoms with Gasteiger partial charge in [0.1, 0.15) is 0 Å². The van der Waals surface area contributed by atoms with Gasteiger partial charge < -0.3 is 5.32 Å². The van der Waals surface area contributed by atoms with Crippen molar-refractivity contribution in [2.45, 2.75) is 0 Å². The van der Waals surface area contributed by atoms with Crippen LogP contribution in [0.5, 0.6) is 0 Å². The van der Waals surface area contributed by atoms with Gasteiger partial charge in [-0.25, -0.2) is 0 Å². The summed E-state index contributed by atoms with van der Waals surface area (Å²) in [7, 11) is 0. The molecular weight excluding hydrogens is 316 g/mol. The van der Waals surface area contributed by atoms with Crippen LogP contribution in [-0.4, -0.2) is 21.0 Å². The van der Waals surface area contributed by atoms with Gasteiger partial charge in [0.2, 0.25) is 0 Å². The van der Waals surface area contributed by atoms with Crippen molar-refractivity contribution < 1.29 is 9.72 Å². The molecule has 0 aliphatic carbocycles. The van der Waals surface area contributed by atoms with Crippen molar-refractivity contribution in [3.05, 3.63) is 56.7 Å². The number of aromatic nitrogens is 2. The lowest BCUT2D eigenvalue weighted by atomic mass is 10.2. The highest BCUT2D eigenvalue weighted by Crippen LogP contribution is 2.25. The van der Waals surface area contributed by atoms with E-state index in [-0.39, 0.29) is 17.1 Å². The molecule has 0 fully saturated rings. The molecule has 8 heteroatoms. The molecule has 1 amide bonds. The second kappa shape index (κ2) is 5.53. The van der Waals surface area contributed by atoms with Crippen LogP contribution in [0.4, 0.5) is 11.5 Å². The molecule has 19 heavy (non-hydrogen) atoms. The van der Waals surface area contributed by atoms with Crippen LogP contribution in [0.1, 0.15) is 10.4 Å². The summed E-state index contributed by atoms with van der Waals surface area (Å²) >= 11 is 3.05. The number of halogens is 1. The third-order valence-electron chi connectivity index (χ3n) is 2.22. The summed E-state index contributed by atoms with van der Waals surface area (Å²) in [5.41, 5.74) is -0.00708. The number of anilines is 1. The van der Waals surface area contributed by atoms with Gasteiger partial charge in [0.15, 0.2) is 5.82 Å². The number of carbonyl (C=O) groups excluding carboxylic acids is 1. The Bertz CT molecular complexity index is 633. The number of nitrogens with zero attached hydrogens (tertiary/aromatic N) is 3. The van der Waals surface area contributed by atoms with Crippen LogP contribution in [0, 0.1) is 10.1 Å². The number of nitro benzene ring substituents is 1. The van der Waals surface area contributed by atoms with E-state index in [0.717, 1.165) is 0 Å². The van der Waals surface area contributed by atoms with E-state index in [1.165, 1.54) is 24.4 Å². The molecular formula is C11H7BrN4O3. The minimum absolute atomic E-state index is 0.167. The van der Waals surface area contributed by atoms with Crippen molar-refractivity contribution >= 4 is 33.3 Å². The van der Waals surface area contributed by atoms with Gasteiger partial charge in [-0.3, -0.25) is 14.9 Å². The quantitative estimate of drug-likeness (QED) is 0.691. The zero-order valence-electron chi connectivity index (χ0n) is 9.41. The van der Waals surface area contributed by atoms with Gasteiger partial charge in [0.25, 0.3) is 11.6 Å². The molecule has 2 aromatic rings. The first-order valence-corrected chi connectivity index (χ1v) is 5.90. The fraction of sp³-hybridized carbons (Fsp3) is 0. The number of nitro groups is 1. The topological polar surface area (TPSA) is 98.0 Å². The minimum atomic E-state index is -0.566. The number of rotatable bonds is 3. The smallest absolute Gasteiger partial charge is 0.284 e. The van der Waals surface area contributed by atoms with E-state index in [4.69, 9.17) is 0 Å².